The van der Waals surface area contributed by atoms with E-state index in [0.29, 0.717) is 19.3 Å². The van der Waals surface area contributed by atoms with Gasteiger partial charge in [0.1, 0.15) is 30.2 Å². The van der Waals surface area contributed by atoms with Crippen molar-refractivity contribution >= 4 is 41.5 Å². The number of hydrogen-bond donors (Lipinski definition) is 9. The van der Waals surface area contributed by atoms with E-state index in [2.05, 4.69) is 36.9 Å². The summed E-state index contributed by atoms with van der Waals surface area (Å²) in [6, 6.07) is 3.15. The summed E-state index contributed by atoms with van der Waals surface area (Å²) < 4.78 is 0. The molecule has 2 rings (SSSR count). The van der Waals surface area contributed by atoms with Crippen LogP contribution in [0.15, 0.2) is 35.3 Å². The number of rotatable bonds is 19. The molecule has 0 bridgehead atoms. The van der Waals surface area contributed by atoms with Crippen LogP contribution in [0.5, 0.6) is 0 Å². The first-order valence-electron chi connectivity index (χ1n) is 16.2. The standard InChI is InChI=1S/C32H51N9O7/c1-18(2)16-24(40-28(44)22-12-8-14-35-22)30(46)41-25(17-21-10-6-5-7-11-21)29(45)38-19(3)26(42)37-20(4)27(43)39-23(31(47)48)13-9-15-36-32(33)34/h5-7,10-11,18-20,22-25,35H,8-9,12-17H2,1-4H3,(H,37,42)(H,38,45)(H,39,43)(H,40,44)(H,41,46)(H,47,48)(H4,33,34,36)/t19-,20-,22-,23-,24-,25-/m0/s1. The van der Waals surface area contributed by atoms with Crippen molar-refractivity contribution in [3.63, 3.8) is 0 Å². The number of nitrogens with two attached hydrogens (primary N) is 2. The van der Waals surface area contributed by atoms with Gasteiger partial charge in [-0.1, -0.05) is 44.2 Å². The highest BCUT2D eigenvalue weighted by atomic mass is 16.4. The van der Waals surface area contributed by atoms with Gasteiger partial charge in [-0.25, -0.2) is 4.79 Å². The highest BCUT2D eigenvalue weighted by Gasteiger charge is 2.32. The molecule has 1 fully saturated rings. The van der Waals surface area contributed by atoms with Gasteiger partial charge < -0.3 is 48.5 Å². The Morgan fingerprint density at radius 3 is 1.98 bits per heavy atom. The fraction of sp³-hybridized carbons (Fsp3) is 0.594. The third-order valence-electron chi connectivity index (χ3n) is 7.70. The summed E-state index contributed by atoms with van der Waals surface area (Å²) in [5.41, 5.74) is 11.3. The van der Waals surface area contributed by atoms with Crippen LogP contribution in [0.2, 0.25) is 0 Å². The molecule has 6 atom stereocenters. The molecule has 0 spiro atoms. The fourth-order valence-electron chi connectivity index (χ4n) is 5.06. The number of hydrogen-bond acceptors (Lipinski definition) is 8. The number of carbonyl (C=O) groups excluding carboxylic acids is 5. The van der Waals surface area contributed by atoms with E-state index in [-0.39, 0.29) is 43.2 Å². The molecule has 48 heavy (non-hydrogen) atoms. The van der Waals surface area contributed by atoms with Crippen LogP contribution >= 0.6 is 0 Å². The number of benzene rings is 1. The smallest absolute Gasteiger partial charge is 0.326 e. The minimum atomic E-state index is -1.26. The van der Waals surface area contributed by atoms with Crippen molar-refractivity contribution in [1.29, 1.82) is 0 Å². The largest absolute Gasteiger partial charge is 0.480 e. The lowest BCUT2D eigenvalue weighted by molar-refractivity contribution is -0.142. The Labute approximate surface area is 281 Å². The monoisotopic (exact) mass is 673 g/mol. The Morgan fingerprint density at radius 2 is 1.42 bits per heavy atom. The molecule has 1 aromatic rings. The van der Waals surface area contributed by atoms with E-state index >= 15 is 0 Å². The van der Waals surface area contributed by atoms with Crippen LogP contribution in [-0.2, 0) is 35.2 Å². The molecule has 0 aromatic heterocycles. The second-order valence-corrected chi connectivity index (χ2v) is 12.4. The Hall–Kier alpha value is -4.73. The van der Waals surface area contributed by atoms with Crippen molar-refractivity contribution in [2.45, 2.75) is 102 Å². The molecule has 16 heteroatoms. The predicted molar refractivity (Wildman–Crippen MR) is 179 cm³/mol. The van der Waals surface area contributed by atoms with Crippen LogP contribution in [0.25, 0.3) is 0 Å². The first kappa shape index (κ1) is 39.4. The summed E-state index contributed by atoms with van der Waals surface area (Å²) in [5, 5.41) is 25.6. The van der Waals surface area contributed by atoms with Gasteiger partial charge in [0.25, 0.3) is 0 Å². The second-order valence-electron chi connectivity index (χ2n) is 12.4. The lowest BCUT2D eigenvalue weighted by Crippen LogP contribution is -2.59. The van der Waals surface area contributed by atoms with E-state index in [4.69, 9.17) is 11.5 Å². The first-order chi connectivity index (χ1) is 22.7. The minimum absolute atomic E-state index is 0.0542. The lowest BCUT2D eigenvalue weighted by Gasteiger charge is -2.26. The van der Waals surface area contributed by atoms with Gasteiger partial charge in [-0.2, -0.15) is 0 Å². The van der Waals surface area contributed by atoms with Gasteiger partial charge >= 0.3 is 5.97 Å². The third-order valence-corrected chi connectivity index (χ3v) is 7.70. The van der Waals surface area contributed by atoms with Crippen LogP contribution in [0.4, 0.5) is 0 Å². The van der Waals surface area contributed by atoms with Gasteiger partial charge in [-0.3, -0.25) is 29.0 Å². The van der Waals surface area contributed by atoms with Gasteiger partial charge in [0.15, 0.2) is 5.96 Å². The molecule has 0 aliphatic carbocycles. The molecule has 1 heterocycles. The molecule has 16 nitrogen and oxygen atoms in total. The number of carbonyl (C=O) groups is 6. The maximum absolute atomic E-state index is 13.5. The molecule has 5 amide bonds. The van der Waals surface area contributed by atoms with Crippen molar-refractivity contribution in [2.75, 3.05) is 13.1 Å². The summed E-state index contributed by atoms with van der Waals surface area (Å²) in [7, 11) is 0. The van der Waals surface area contributed by atoms with Crippen LogP contribution in [0.3, 0.4) is 0 Å². The molecule has 1 saturated heterocycles. The van der Waals surface area contributed by atoms with Crippen molar-refractivity contribution in [3.05, 3.63) is 35.9 Å². The van der Waals surface area contributed by atoms with Crippen LogP contribution in [0.1, 0.15) is 65.4 Å². The zero-order valence-corrected chi connectivity index (χ0v) is 28.1. The van der Waals surface area contributed by atoms with Gasteiger partial charge in [-0.05, 0) is 64.0 Å². The summed E-state index contributed by atoms with van der Waals surface area (Å²) >= 11 is 0. The molecule has 0 saturated carbocycles. The number of amides is 5. The summed E-state index contributed by atoms with van der Waals surface area (Å²) in [6.07, 6.45) is 2.33. The molecule has 1 aliphatic rings. The van der Waals surface area contributed by atoms with Crippen LogP contribution in [0, 0.1) is 5.92 Å². The molecule has 0 radical (unpaired) electrons. The summed E-state index contributed by atoms with van der Waals surface area (Å²) in [5.74, 6) is -4.22. The van der Waals surface area contributed by atoms with E-state index in [1.54, 1.807) is 24.3 Å². The van der Waals surface area contributed by atoms with E-state index in [1.165, 1.54) is 13.8 Å². The molecular weight excluding hydrogens is 622 g/mol. The molecular formula is C32H51N9O7. The minimum Gasteiger partial charge on any atom is -0.480 e. The normalized spacial score (nSPS) is 17.1. The van der Waals surface area contributed by atoms with Gasteiger partial charge in [-0.15, -0.1) is 0 Å². The number of aliphatic carboxylic acids is 1. The van der Waals surface area contributed by atoms with Crippen LogP contribution in [-0.4, -0.2) is 95.9 Å². The topological polar surface area (TPSA) is 259 Å². The quantitative estimate of drug-likeness (QED) is 0.0473. The Bertz CT molecular complexity index is 1280. The zero-order chi connectivity index (χ0) is 35.8. The van der Waals surface area contributed by atoms with Crippen molar-refractivity contribution in [3.8, 4) is 0 Å². The van der Waals surface area contributed by atoms with Crippen molar-refractivity contribution < 1.29 is 33.9 Å². The number of carboxylic acid groups (broad SMARTS) is 1. The maximum Gasteiger partial charge on any atom is 0.326 e. The Morgan fingerprint density at radius 1 is 0.833 bits per heavy atom. The Kier molecular flexibility index (Phi) is 16.3. The molecule has 1 aromatic carbocycles. The number of carboxylic acids is 1. The molecule has 0 unspecified atom stereocenters. The highest BCUT2D eigenvalue weighted by molar-refractivity contribution is 5.96. The molecule has 266 valence electrons. The van der Waals surface area contributed by atoms with Crippen LogP contribution < -0.4 is 43.4 Å². The van der Waals surface area contributed by atoms with E-state index in [9.17, 15) is 33.9 Å². The maximum atomic E-state index is 13.5. The average Bonchev–Trinajstić information content (AvgIpc) is 3.57. The lowest BCUT2D eigenvalue weighted by atomic mass is 10.0. The number of nitrogens with one attached hydrogen (secondary N) is 6. The molecule has 1 aliphatic heterocycles. The summed E-state index contributed by atoms with van der Waals surface area (Å²) in [4.78, 5) is 80.9. The van der Waals surface area contributed by atoms with Gasteiger partial charge in [0, 0.05) is 13.0 Å². The van der Waals surface area contributed by atoms with Crippen molar-refractivity contribution in [1.82, 2.24) is 31.9 Å². The fourth-order valence-corrected chi connectivity index (χ4v) is 5.06. The number of guanidine groups is 1. The second kappa shape index (κ2) is 19.8. The van der Waals surface area contributed by atoms with E-state index in [1.807, 2.05) is 19.9 Å². The first-order valence-corrected chi connectivity index (χ1v) is 16.2. The van der Waals surface area contributed by atoms with Gasteiger partial charge in [0.05, 0.1) is 6.04 Å². The van der Waals surface area contributed by atoms with E-state index < -0.39 is 59.8 Å². The number of nitrogens with zero attached hydrogens (tertiary/aromatic N) is 1. The zero-order valence-electron chi connectivity index (χ0n) is 28.1. The molecule has 11 N–H and O–H groups in total. The average molecular weight is 674 g/mol. The number of aliphatic imine (C=N–C) groups is 1. The Balaban J connectivity index is 2.07. The highest BCUT2D eigenvalue weighted by Crippen LogP contribution is 2.11. The summed E-state index contributed by atoms with van der Waals surface area (Å²) in [6.45, 7) is 7.54. The third kappa shape index (κ3) is 13.9. The predicted octanol–water partition coefficient (Wildman–Crippen LogP) is -1.37. The van der Waals surface area contributed by atoms with E-state index in [0.717, 1.165) is 18.5 Å². The van der Waals surface area contributed by atoms with Crippen molar-refractivity contribution in [2.24, 2.45) is 22.4 Å². The SMILES string of the molecule is CC(C)C[C@H](NC(=O)[C@@H]1CCCN1)C(=O)N[C@@H](Cc1ccccc1)C(=O)N[C@@H](C)C(=O)N[C@@H](C)C(=O)N[C@@H](CCCN=C(N)N)C(=O)O. The van der Waals surface area contributed by atoms with Gasteiger partial charge in [0.2, 0.25) is 29.5 Å².